The van der Waals surface area contributed by atoms with Crippen molar-refractivity contribution >= 4 is 34.9 Å². The number of aromatic amines is 1. The highest BCUT2D eigenvalue weighted by molar-refractivity contribution is 6.31. The van der Waals surface area contributed by atoms with Crippen molar-refractivity contribution in [3.8, 4) is 0 Å². The van der Waals surface area contributed by atoms with Crippen LogP contribution in [-0.2, 0) is 6.54 Å². The largest absolute Gasteiger partial charge is 0.357 e. The number of aromatic nitrogens is 1. The van der Waals surface area contributed by atoms with Crippen LogP contribution in [0.5, 0.6) is 0 Å². The maximum atomic E-state index is 6.00. The van der Waals surface area contributed by atoms with Gasteiger partial charge in [-0.15, -0.1) is 12.4 Å². The maximum absolute atomic E-state index is 6.00. The first-order valence-corrected chi connectivity index (χ1v) is 7.19. The monoisotopic (exact) mass is 298 g/mol. The van der Waals surface area contributed by atoms with Gasteiger partial charge in [0.15, 0.2) is 0 Å². The quantitative estimate of drug-likeness (QED) is 0.847. The Kier molecular flexibility index (Phi) is 5.14. The highest BCUT2D eigenvalue weighted by atomic mass is 35.5. The minimum absolute atomic E-state index is 0. The second kappa shape index (κ2) is 6.65. The zero-order valence-corrected chi connectivity index (χ0v) is 12.5. The molecule has 1 aliphatic carbocycles. The summed E-state index contributed by atoms with van der Waals surface area (Å²) in [6, 6.07) is 8.88. The van der Waals surface area contributed by atoms with Gasteiger partial charge in [-0.1, -0.05) is 30.9 Å². The highest BCUT2D eigenvalue weighted by Gasteiger charge is 2.12. The lowest BCUT2D eigenvalue weighted by Crippen LogP contribution is -2.30. The lowest BCUT2D eigenvalue weighted by atomic mass is 9.95. The average Bonchev–Trinajstić information content (AvgIpc) is 2.79. The summed E-state index contributed by atoms with van der Waals surface area (Å²) in [4.78, 5) is 3.44. The van der Waals surface area contributed by atoms with E-state index in [4.69, 9.17) is 11.6 Å². The van der Waals surface area contributed by atoms with Gasteiger partial charge in [0.2, 0.25) is 0 Å². The zero-order valence-electron chi connectivity index (χ0n) is 10.9. The molecule has 0 amide bonds. The van der Waals surface area contributed by atoms with Crippen LogP contribution in [0.25, 0.3) is 10.9 Å². The van der Waals surface area contributed by atoms with E-state index in [2.05, 4.69) is 16.4 Å². The predicted molar refractivity (Wildman–Crippen MR) is 84.3 cm³/mol. The molecule has 0 aliphatic heterocycles. The highest BCUT2D eigenvalue weighted by Crippen LogP contribution is 2.21. The summed E-state index contributed by atoms with van der Waals surface area (Å²) in [6.07, 6.45) is 6.81. The van der Waals surface area contributed by atoms with Crippen molar-refractivity contribution < 1.29 is 0 Å². The van der Waals surface area contributed by atoms with E-state index in [-0.39, 0.29) is 12.4 Å². The Labute approximate surface area is 125 Å². The Morgan fingerprint density at radius 1 is 1.16 bits per heavy atom. The minimum Gasteiger partial charge on any atom is -0.357 e. The van der Waals surface area contributed by atoms with Gasteiger partial charge in [-0.25, -0.2) is 0 Å². The molecule has 0 spiro atoms. The summed E-state index contributed by atoms with van der Waals surface area (Å²) in [5.74, 6) is 0. The Morgan fingerprint density at radius 3 is 2.74 bits per heavy atom. The molecule has 1 aliphatic rings. The molecule has 1 fully saturated rings. The number of benzene rings is 1. The summed E-state index contributed by atoms with van der Waals surface area (Å²) < 4.78 is 0. The van der Waals surface area contributed by atoms with Gasteiger partial charge >= 0.3 is 0 Å². The summed E-state index contributed by atoms with van der Waals surface area (Å²) in [6.45, 7) is 0.928. The molecule has 2 aromatic rings. The standard InChI is InChI=1S/C15H19ClN2.ClH/c16-12-6-7-15-11(8-12)9-14(18-15)10-17-13-4-2-1-3-5-13;/h6-9,13,17-18H,1-5,10H2;1H. The fourth-order valence-electron chi connectivity index (χ4n) is 2.82. The summed E-state index contributed by atoms with van der Waals surface area (Å²) in [7, 11) is 0. The van der Waals surface area contributed by atoms with Crippen LogP contribution in [-0.4, -0.2) is 11.0 Å². The number of hydrogen-bond acceptors (Lipinski definition) is 1. The molecular weight excluding hydrogens is 279 g/mol. The van der Waals surface area contributed by atoms with Crippen LogP contribution in [0.2, 0.25) is 5.02 Å². The second-order valence-electron chi connectivity index (χ2n) is 5.24. The maximum Gasteiger partial charge on any atom is 0.0457 e. The fourth-order valence-corrected chi connectivity index (χ4v) is 3.00. The molecule has 4 heteroatoms. The molecule has 1 aromatic carbocycles. The normalized spacial score (nSPS) is 16.5. The third kappa shape index (κ3) is 3.65. The molecule has 0 radical (unpaired) electrons. The van der Waals surface area contributed by atoms with Crippen LogP contribution in [0.15, 0.2) is 24.3 Å². The zero-order chi connectivity index (χ0) is 12.4. The Bertz CT molecular complexity index is 530. The van der Waals surface area contributed by atoms with Gasteiger partial charge < -0.3 is 10.3 Å². The van der Waals surface area contributed by atoms with Crippen molar-refractivity contribution in [3.05, 3.63) is 35.0 Å². The molecule has 1 aromatic heterocycles. The minimum atomic E-state index is 0. The molecule has 104 valence electrons. The van der Waals surface area contributed by atoms with Crippen molar-refractivity contribution in [2.45, 2.75) is 44.7 Å². The van der Waals surface area contributed by atoms with Crippen LogP contribution >= 0.6 is 24.0 Å². The first-order chi connectivity index (χ1) is 8.81. The lowest BCUT2D eigenvalue weighted by molar-refractivity contribution is 0.371. The molecule has 1 saturated carbocycles. The van der Waals surface area contributed by atoms with Crippen molar-refractivity contribution in [2.24, 2.45) is 0 Å². The van der Waals surface area contributed by atoms with Gasteiger partial charge in [0, 0.05) is 34.2 Å². The van der Waals surface area contributed by atoms with E-state index in [1.165, 1.54) is 48.7 Å². The molecule has 2 nitrogen and oxygen atoms in total. The topological polar surface area (TPSA) is 27.8 Å². The van der Waals surface area contributed by atoms with Gasteiger partial charge in [-0.05, 0) is 37.1 Å². The van der Waals surface area contributed by atoms with Crippen molar-refractivity contribution in [3.63, 3.8) is 0 Å². The first-order valence-electron chi connectivity index (χ1n) is 6.82. The number of nitrogens with one attached hydrogen (secondary N) is 2. The molecule has 0 atom stereocenters. The van der Waals surface area contributed by atoms with Gasteiger partial charge in [-0.3, -0.25) is 0 Å². The van der Waals surface area contributed by atoms with Crippen LogP contribution in [0, 0.1) is 0 Å². The Hall–Kier alpha value is -0.700. The summed E-state index contributed by atoms with van der Waals surface area (Å²) >= 11 is 6.00. The molecule has 0 unspecified atom stereocenters. The number of rotatable bonds is 3. The van der Waals surface area contributed by atoms with Gasteiger partial charge in [-0.2, -0.15) is 0 Å². The van der Waals surface area contributed by atoms with E-state index in [0.29, 0.717) is 6.04 Å². The van der Waals surface area contributed by atoms with Gasteiger partial charge in [0.1, 0.15) is 0 Å². The fraction of sp³-hybridized carbons (Fsp3) is 0.467. The third-order valence-electron chi connectivity index (χ3n) is 3.82. The van der Waals surface area contributed by atoms with Crippen molar-refractivity contribution in [2.75, 3.05) is 0 Å². The molecule has 0 saturated heterocycles. The van der Waals surface area contributed by atoms with E-state index >= 15 is 0 Å². The van der Waals surface area contributed by atoms with E-state index in [1.807, 2.05) is 18.2 Å². The van der Waals surface area contributed by atoms with Crippen LogP contribution < -0.4 is 5.32 Å². The lowest BCUT2D eigenvalue weighted by Gasteiger charge is -2.22. The van der Waals surface area contributed by atoms with Crippen LogP contribution in [0.1, 0.15) is 37.8 Å². The van der Waals surface area contributed by atoms with Gasteiger partial charge in [0.25, 0.3) is 0 Å². The van der Waals surface area contributed by atoms with Crippen molar-refractivity contribution in [1.29, 1.82) is 0 Å². The second-order valence-corrected chi connectivity index (χ2v) is 5.68. The number of H-pyrrole nitrogens is 1. The molecule has 2 N–H and O–H groups in total. The molecule has 0 bridgehead atoms. The molecule has 3 rings (SSSR count). The number of fused-ring (bicyclic) bond motifs is 1. The van der Waals surface area contributed by atoms with Gasteiger partial charge in [0.05, 0.1) is 0 Å². The van der Waals surface area contributed by atoms with Crippen LogP contribution in [0.3, 0.4) is 0 Å². The SMILES string of the molecule is Cl.Clc1ccc2[nH]c(CNC3CCCCC3)cc2c1. The van der Waals surface area contributed by atoms with Crippen LogP contribution in [0.4, 0.5) is 0 Å². The van der Waals surface area contributed by atoms with Crippen molar-refractivity contribution in [1.82, 2.24) is 10.3 Å². The average molecular weight is 299 g/mol. The summed E-state index contributed by atoms with van der Waals surface area (Å²) in [5, 5.41) is 5.65. The predicted octanol–water partition coefficient (Wildman–Crippen LogP) is 4.67. The third-order valence-corrected chi connectivity index (χ3v) is 4.06. The van der Waals surface area contributed by atoms with E-state index < -0.39 is 0 Å². The molecule has 1 heterocycles. The van der Waals surface area contributed by atoms with E-state index in [1.54, 1.807) is 0 Å². The number of hydrogen-bond donors (Lipinski definition) is 2. The Morgan fingerprint density at radius 2 is 1.95 bits per heavy atom. The Balaban J connectivity index is 0.00000133. The van der Waals surface area contributed by atoms with E-state index in [0.717, 1.165) is 11.6 Å². The number of halogens is 2. The van der Waals surface area contributed by atoms with E-state index in [9.17, 15) is 0 Å². The first kappa shape index (κ1) is 14.7. The molecular formula is C15H20Cl2N2. The summed E-state index contributed by atoms with van der Waals surface area (Å²) in [5.41, 5.74) is 2.41. The molecule has 19 heavy (non-hydrogen) atoms. The smallest absolute Gasteiger partial charge is 0.0457 e.